The zero-order valence-corrected chi connectivity index (χ0v) is 24.0. The largest absolute Gasteiger partial charge is 0.486 e. The van der Waals surface area contributed by atoms with Crippen LogP contribution in [0, 0.1) is 0 Å². The van der Waals surface area contributed by atoms with E-state index in [9.17, 15) is 18.0 Å². The molecule has 0 radical (unpaired) electrons. The Hall–Kier alpha value is -3.26. The maximum Gasteiger partial charge on any atom is 0.307 e. The molecule has 11 nitrogen and oxygen atoms in total. The molecular weight excluding hydrogens is 558 g/mol. The van der Waals surface area contributed by atoms with Gasteiger partial charge in [0.1, 0.15) is 13.2 Å². The molecule has 1 amide bonds. The number of aryl methyl sites for hydroxylation is 1. The van der Waals surface area contributed by atoms with E-state index >= 15 is 0 Å². The van der Waals surface area contributed by atoms with Crippen LogP contribution in [0.5, 0.6) is 11.5 Å². The quantitative estimate of drug-likeness (QED) is 0.349. The lowest BCUT2D eigenvalue weighted by molar-refractivity contribution is -0.143. The van der Waals surface area contributed by atoms with Crippen molar-refractivity contribution in [3.05, 3.63) is 46.8 Å². The van der Waals surface area contributed by atoms with Gasteiger partial charge in [-0.25, -0.2) is 8.42 Å². The average Bonchev–Trinajstić information content (AvgIpc) is 3.58. The number of ether oxygens (including phenoxy) is 4. The predicted molar refractivity (Wildman–Crippen MR) is 147 cm³/mol. The SMILES string of the molecule is CCOC(=O)CCn1c(=NC(=O)c2ccc(S(=O)(=O)N(C)CC3CCCO3)cc2)sc2cc3c(cc21)OCCO3. The van der Waals surface area contributed by atoms with E-state index in [-0.39, 0.29) is 48.6 Å². The molecule has 2 aromatic carbocycles. The Kier molecular flexibility index (Phi) is 8.54. The molecule has 3 aromatic rings. The molecular formula is C27H31N3O8S2. The highest BCUT2D eigenvalue weighted by Crippen LogP contribution is 2.35. The maximum absolute atomic E-state index is 13.2. The molecule has 1 atom stereocenters. The Balaban J connectivity index is 1.42. The van der Waals surface area contributed by atoms with E-state index in [0.29, 0.717) is 36.1 Å². The summed E-state index contributed by atoms with van der Waals surface area (Å²) in [4.78, 5) is 30.1. The predicted octanol–water partition coefficient (Wildman–Crippen LogP) is 2.97. The van der Waals surface area contributed by atoms with Crippen molar-refractivity contribution in [3.8, 4) is 11.5 Å². The van der Waals surface area contributed by atoms with E-state index in [0.717, 1.165) is 23.1 Å². The number of thiazole rings is 1. The number of hydrogen-bond acceptors (Lipinski definition) is 9. The molecule has 1 aromatic heterocycles. The minimum Gasteiger partial charge on any atom is -0.486 e. The fourth-order valence-electron chi connectivity index (χ4n) is 4.62. The Morgan fingerprint density at radius 2 is 1.85 bits per heavy atom. The molecule has 40 heavy (non-hydrogen) atoms. The summed E-state index contributed by atoms with van der Waals surface area (Å²) in [6.07, 6.45) is 1.74. The van der Waals surface area contributed by atoms with Crippen LogP contribution in [0.25, 0.3) is 10.2 Å². The molecule has 5 rings (SSSR count). The van der Waals surface area contributed by atoms with E-state index in [1.54, 1.807) is 11.5 Å². The number of benzene rings is 2. The second kappa shape index (κ2) is 12.1. The molecule has 1 fully saturated rings. The zero-order valence-electron chi connectivity index (χ0n) is 22.3. The van der Waals surface area contributed by atoms with Gasteiger partial charge in [-0.15, -0.1) is 0 Å². The van der Waals surface area contributed by atoms with Crippen LogP contribution in [0.1, 0.15) is 36.5 Å². The van der Waals surface area contributed by atoms with Crippen molar-refractivity contribution < 1.29 is 37.0 Å². The standard InChI is InChI=1S/C27H31N3O8S2/c1-3-35-25(31)10-11-30-21-15-22-23(38-14-13-37-22)16-24(21)39-27(30)28-26(32)18-6-8-20(9-7-18)40(33,34)29(2)17-19-5-4-12-36-19/h6-9,15-16,19H,3-5,10-14,17H2,1-2H3. The number of carbonyl (C=O) groups is 2. The molecule has 1 unspecified atom stereocenters. The highest BCUT2D eigenvalue weighted by Gasteiger charge is 2.26. The van der Waals surface area contributed by atoms with Gasteiger partial charge >= 0.3 is 5.97 Å². The van der Waals surface area contributed by atoms with Crippen LogP contribution in [-0.2, 0) is 30.8 Å². The summed E-state index contributed by atoms with van der Waals surface area (Å²) in [6, 6.07) is 9.39. The van der Waals surface area contributed by atoms with Gasteiger partial charge in [0.25, 0.3) is 5.91 Å². The summed E-state index contributed by atoms with van der Waals surface area (Å²) in [6.45, 7) is 4.06. The number of rotatable bonds is 9. The van der Waals surface area contributed by atoms with Crippen LogP contribution >= 0.6 is 11.3 Å². The molecule has 2 aliphatic heterocycles. The number of nitrogens with zero attached hydrogens (tertiary/aromatic N) is 3. The molecule has 0 bridgehead atoms. The summed E-state index contributed by atoms with van der Waals surface area (Å²) < 4.78 is 52.0. The first-order chi connectivity index (χ1) is 19.3. The van der Waals surface area contributed by atoms with E-state index in [2.05, 4.69) is 4.99 Å². The number of carbonyl (C=O) groups excluding carboxylic acids is 2. The van der Waals surface area contributed by atoms with Gasteiger partial charge < -0.3 is 23.5 Å². The zero-order chi connectivity index (χ0) is 28.3. The smallest absolute Gasteiger partial charge is 0.307 e. The molecule has 0 aliphatic carbocycles. The van der Waals surface area contributed by atoms with Gasteiger partial charge in [-0.1, -0.05) is 11.3 Å². The molecule has 0 saturated carbocycles. The van der Waals surface area contributed by atoms with E-state index < -0.39 is 15.9 Å². The van der Waals surface area contributed by atoms with Crippen molar-refractivity contribution in [2.75, 3.05) is 40.0 Å². The highest BCUT2D eigenvalue weighted by atomic mass is 32.2. The number of fused-ring (bicyclic) bond motifs is 2. The maximum atomic E-state index is 13.2. The lowest BCUT2D eigenvalue weighted by atomic mass is 10.2. The molecule has 3 heterocycles. The number of esters is 1. The number of hydrogen-bond donors (Lipinski definition) is 0. The Labute approximate surface area is 236 Å². The molecule has 0 N–H and O–H groups in total. The number of amides is 1. The summed E-state index contributed by atoms with van der Waals surface area (Å²) in [5.74, 6) is 0.299. The van der Waals surface area contributed by atoms with Crippen molar-refractivity contribution in [2.45, 2.75) is 43.7 Å². The molecule has 1 saturated heterocycles. The first kappa shape index (κ1) is 28.3. The number of likely N-dealkylation sites (N-methyl/N-ethyl adjacent to an activating group) is 1. The lowest BCUT2D eigenvalue weighted by Gasteiger charge is -2.20. The van der Waals surface area contributed by atoms with E-state index in [1.165, 1.54) is 47.0 Å². The normalized spacial score (nSPS) is 17.5. The third-order valence-corrected chi connectivity index (χ3v) is 9.56. The van der Waals surface area contributed by atoms with Crippen molar-refractivity contribution in [3.63, 3.8) is 0 Å². The first-order valence-corrected chi connectivity index (χ1v) is 15.4. The lowest BCUT2D eigenvalue weighted by Crippen LogP contribution is -2.34. The second-order valence-electron chi connectivity index (χ2n) is 9.42. The van der Waals surface area contributed by atoms with Gasteiger partial charge in [0.15, 0.2) is 16.3 Å². The summed E-state index contributed by atoms with van der Waals surface area (Å²) >= 11 is 1.28. The van der Waals surface area contributed by atoms with Crippen LogP contribution in [0.3, 0.4) is 0 Å². The van der Waals surface area contributed by atoms with Gasteiger partial charge in [0.2, 0.25) is 10.0 Å². The van der Waals surface area contributed by atoms with Crippen LogP contribution in [0.15, 0.2) is 46.3 Å². The fourth-order valence-corrected chi connectivity index (χ4v) is 6.89. The molecule has 0 spiro atoms. The summed E-state index contributed by atoms with van der Waals surface area (Å²) in [5, 5.41) is 0. The van der Waals surface area contributed by atoms with Crippen LogP contribution in [0.2, 0.25) is 0 Å². The van der Waals surface area contributed by atoms with Crippen molar-refractivity contribution in [1.82, 2.24) is 8.87 Å². The Morgan fingerprint density at radius 1 is 1.12 bits per heavy atom. The third kappa shape index (κ3) is 6.07. The molecule has 13 heteroatoms. The van der Waals surface area contributed by atoms with Gasteiger partial charge in [-0.3, -0.25) is 9.59 Å². The van der Waals surface area contributed by atoms with Crippen LogP contribution < -0.4 is 14.3 Å². The Bertz CT molecular complexity index is 1570. The summed E-state index contributed by atoms with van der Waals surface area (Å²) in [5.41, 5.74) is 0.988. The monoisotopic (exact) mass is 589 g/mol. The van der Waals surface area contributed by atoms with E-state index in [4.69, 9.17) is 18.9 Å². The Morgan fingerprint density at radius 3 is 2.52 bits per heavy atom. The third-order valence-electron chi connectivity index (χ3n) is 6.68. The van der Waals surface area contributed by atoms with Gasteiger partial charge in [0, 0.05) is 44.4 Å². The summed E-state index contributed by atoms with van der Waals surface area (Å²) in [7, 11) is -2.21. The van der Waals surface area contributed by atoms with Gasteiger partial charge in [-0.05, 0) is 44.0 Å². The second-order valence-corrected chi connectivity index (χ2v) is 12.5. The first-order valence-electron chi connectivity index (χ1n) is 13.1. The average molecular weight is 590 g/mol. The highest BCUT2D eigenvalue weighted by molar-refractivity contribution is 7.89. The van der Waals surface area contributed by atoms with Crippen molar-refractivity contribution >= 4 is 43.5 Å². The minimum absolute atomic E-state index is 0.0847. The van der Waals surface area contributed by atoms with E-state index in [1.807, 2.05) is 12.1 Å². The van der Waals surface area contributed by atoms with Gasteiger partial charge in [0.05, 0.1) is 34.2 Å². The number of aromatic nitrogens is 1. The van der Waals surface area contributed by atoms with Crippen molar-refractivity contribution in [2.24, 2.45) is 4.99 Å². The minimum atomic E-state index is -3.74. The van der Waals surface area contributed by atoms with Crippen molar-refractivity contribution in [1.29, 1.82) is 0 Å². The fraction of sp³-hybridized carbons (Fsp3) is 0.444. The van der Waals surface area contributed by atoms with Gasteiger partial charge in [-0.2, -0.15) is 9.30 Å². The van der Waals surface area contributed by atoms with Crippen LogP contribution in [0.4, 0.5) is 0 Å². The molecule has 2 aliphatic rings. The number of sulfonamides is 1. The topological polar surface area (TPSA) is 126 Å². The molecule has 214 valence electrons. The van der Waals surface area contributed by atoms with Crippen LogP contribution in [-0.4, -0.2) is 75.3 Å².